The number of hydrogen-bond donors (Lipinski definition) is 1. The summed E-state index contributed by atoms with van der Waals surface area (Å²) in [5.41, 5.74) is 4.27. The number of benzene rings is 2. The van der Waals surface area contributed by atoms with Crippen LogP contribution in [0.2, 0.25) is 0 Å². The average molecular weight is 391 g/mol. The van der Waals surface area contributed by atoms with Gasteiger partial charge in [0, 0.05) is 55.4 Å². The highest BCUT2D eigenvalue weighted by Gasteiger charge is 2.37. The minimum atomic E-state index is 0.174. The summed E-state index contributed by atoms with van der Waals surface area (Å²) in [5.74, 6) is 0. The molecule has 3 aromatic rings. The lowest BCUT2D eigenvalue weighted by Gasteiger charge is -2.47. The molecule has 4 nitrogen and oxygen atoms in total. The van der Waals surface area contributed by atoms with Crippen LogP contribution in [0.15, 0.2) is 60.8 Å². The molecule has 1 saturated heterocycles. The van der Waals surface area contributed by atoms with E-state index < -0.39 is 0 Å². The molecule has 0 unspecified atom stereocenters. The highest BCUT2D eigenvalue weighted by molar-refractivity contribution is 5.82. The van der Waals surface area contributed by atoms with E-state index in [4.69, 9.17) is 0 Å². The van der Waals surface area contributed by atoms with Gasteiger partial charge < -0.3 is 14.8 Å². The normalized spacial score (nSPS) is 17.4. The first-order chi connectivity index (χ1) is 14.1. The molecular formula is C25H34N4. The van der Waals surface area contributed by atoms with Crippen molar-refractivity contribution in [1.29, 1.82) is 0 Å². The maximum absolute atomic E-state index is 3.32. The van der Waals surface area contributed by atoms with Crippen molar-refractivity contribution < 1.29 is 0 Å². The average Bonchev–Trinajstić information content (AvgIpc) is 3.23. The molecule has 1 aromatic heterocycles. The third kappa shape index (κ3) is 4.25. The number of fused-ring (bicyclic) bond motifs is 1. The molecule has 2 aromatic carbocycles. The number of likely N-dealkylation sites (N-methyl/N-ethyl adjacent to an activating group) is 1. The monoisotopic (exact) mass is 390 g/mol. The summed E-state index contributed by atoms with van der Waals surface area (Å²) in [6.45, 7) is 5.55. The van der Waals surface area contributed by atoms with Crippen molar-refractivity contribution in [3.05, 3.63) is 71.9 Å². The lowest BCUT2D eigenvalue weighted by atomic mass is 9.80. The summed E-state index contributed by atoms with van der Waals surface area (Å²) in [7, 11) is 6.71. The maximum atomic E-state index is 3.32. The summed E-state index contributed by atoms with van der Waals surface area (Å²) in [6.07, 6.45) is 4.42. The van der Waals surface area contributed by atoms with E-state index in [1.165, 1.54) is 34.9 Å². The number of hydrogen-bond acceptors (Lipinski definition) is 3. The second kappa shape index (κ2) is 8.70. The van der Waals surface area contributed by atoms with E-state index in [9.17, 15) is 0 Å². The van der Waals surface area contributed by atoms with Gasteiger partial charge in [-0.05, 0) is 57.2 Å². The van der Waals surface area contributed by atoms with Crippen LogP contribution in [0.4, 0.5) is 0 Å². The molecule has 4 rings (SSSR count). The Labute approximate surface area is 175 Å². The van der Waals surface area contributed by atoms with Gasteiger partial charge in [0.2, 0.25) is 0 Å². The van der Waals surface area contributed by atoms with Crippen LogP contribution in [0, 0.1) is 0 Å². The highest BCUT2D eigenvalue weighted by atomic mass is 15.2. The van der Waals surface area contributed by atoms with E-state index in [0.717, 1.165) is 32.7 Å². The predicted octanol–water partition coefficient (Wildman–Crippen LogP) is 4.15. The van der Waals surface area contributed by atoms with Gasteiger partial charge in [0.1, 0.15) is 0 Å². The minimum absolute atomic E-state index is 0.174. The van der Waals surface area contributed by atoms with E-state index in [2.05, 4.69) is 95.4 Å². The molecule has 0 spiro atoms. The van der Waals surface area contributed by atoms with Crippen molar-refractivity contribution in [2.45, 2.75) is 24.9 Å². The van der Waals surface area contributed by atoms with Crippen molar-refractivity contribution >= 4 is 10.9 Å². The molecule has 1 N–H and O–H groups in total. The molecule has 154 valence electrons. The Morgan fingerprint density at radius 1 is 0.931 bits per heavy atom. The van der Waals surface area contributed by atoms with Gasteiger partial charge in [-0.2, -0.15) is 0 Å². The van der Waals surface area contributed by atoms with Crippen LogP contribution in [0.5, 0.6) is 0 Å². The Hall–Kier alpha value is -2.14. The molecule has 0 atom stereocenters. The van der Waals surface area contributed by atoms with Crippen LogP contribution in [-0.4, -0.2) is 67.0 Å². The number of aromatic amines is 1. The Morgan fingerprint density at radius 3 is 2.41 bits per heavy atom. The summed E-state index contributed by atoms with van der Waals surface area (Å²) in [5, 5.41) is 1.34. The van der Waals surface area contributed by atoms with Crippen LogP contribution in [0.3, 0.4) is 0 Å². The number of H-pyrrole nitrogens is 1. The fraction of sp³-hybridized carbons (Fsp3) is 0.440. The number of likely N-dealkylation sites (tertiary alicyclic amines) is 1. The van der Waals surface area contributed by atoms with Crippen molar-refractivity contribution in [3.63, 3.8) is 0 Å². The smallest absolute Gasteiger partial charge is 0.0479 e. The summed E-state index contributed by atoms with van der Waals surface area (Å²) in [4.78, 5) is 10.8. The first kappa shape index (κ1) is 20.1. The molecule has 1 aliphatic heterocycles. The minimum Gasteiger partial charge on any atom is -0.361 e. The molecule has 0 saturated carbocycles. The van der Waals surface area contributed by atoms with Gasteiger partial charge in [0.15, 0.2) is 0 Å². The van der Waals surface area contributed by atoms with Crippen molar-refractivity contribution in [3.8, 4) is 0 Å². The van der Waals surface area contributed by atoms with E-state index in [1.54, 1.807) is 0 Å². The number of rotatable bonds is 7. The second-order valence-corrected chi connectivity index (χ2v) is 8.73. The zero-order valence-corrected chi connectivity index (χ0v) is 18.1. The second-order valence-electron chi connectivity index (χ2n) is 8.73. The molecular weight excluding hydrogens is 356 g/mol. The predicted molar refractivity (Wildman–Crippen MR) is 122 cm³/mol. The van der Waals surface area contributed by atoms with E-state index >= 15 is 0 Å². The van der Waals surface area contributed by atoms with Crippen molar-refractivity contribution in [1.82, 2.24) is 19.7 Å². The molecule has 1 fully saturated rings. The third-order valence-electron chi connectivity index (χ3n) is 6.77. The topological polar surface area (TPSA) is 25.5 Å². The SMILES string of the molecule is CN(CCN1CCC(c2ccccc2)(N(C)C)CC1)Cc1cccc2[nH]ccc12. The van der Waals surface area contributed by atoms with Gasteiger partial charge in [-0.15, -0.1) is 0 Å². The maximum Gasteiger partial charge on any atom is 0.0479 e. The fourth-order valence-electron chi connectivity index (χ4n) is 4.86. The summed E-state index contributed by atoms with van der Waals surface area (Å²) >= 11 is 0. The standard InChI is InChI=1S/C25H34N4/c1-27(2)25(22-9-5-4-6-10-22)13-16-29(17-14-25)19-18-28(3)20-21-8-7-11-24-23(21)12-15-26-24/h4-12,15,26H,13-14,16-20H2,1-3H3. The zero-order chi connectivity index (χ0) is 20.3. The van der Waals surface area contributed by atoms with E-state index in [1.807, 2.05) is 6.20 Å². The third-order valence-corrected chi connectivity index (χ3v) is 6.77. The lowest BCUT2D eigenvalue weighted by Crippen LogP contribution is -2.51. The Morgan fingerprint density at radius 2 is 1.69 bits per heavy atom. The molecule has 2 heterocycles. The van der Waals surface area contributed by atoms with Crippen molar-refractivity contribution in [2.75, 3.05) is 47.3 Å². The number of nitrogens with zero attached hydrogens (tertiary/aromatic N) is 3. The van der Waals surface area contributed by atoms with Crippen LogP contribution >= 0.6 is 0 Å². The first-order valence-corrected chi connectivity index (χ1v) is 10.8. The van der Waals surface area contributed by atoms with Crippen LogP contribution in [0.1, 0.15) is 24.0 Å². The summed E-state index contributed by atoms with van der Waals surface area (Å²) in [6, 6.07) is 19.8. The van der Waals surface area contributed by atoms with Gasteiger partial charge in [0.05, 0.1) is 0 Å². The Balaban J connectivity index is 1.32. The van der Waals surface area contributed by atoms with Crippen molar-refractivity contribution in [2.24, 2.45) is 0 Å². The summed E-state index contributed by atoms with van der Waals surface area (Å²) < 4.78 is 0. The van der Waals surface area contributed by atoms with Gasteiger partial charge in [-0.3, -0.25) is 4.90 Å². The highest BCUT2D eigenvalue weighted by Crippen LogP contribution is 2.37. The lowest BCUT2D eigenvalue weighted by molar-refractivity contribution is 0.0504. The van der Waals surface area contributed by atoms with E-state index in [0.29, 0.717) is 0 Å². The molecule has 0 amide bonds. The number of aromatic nitrogens is 1. The number of nitrogens with one attached hydrogen (secondary N) is 1. The van der Waals surface area contributed by atoms with Crippen LogP contribution < -0.4 is 0 Å². The van der Waals surface area contributed by atoms with Gasteiger partial charge in [-0.25, -0.2) is 0 Å². The van der Waals surface area contributed by atoms with E-state index in [-0.39, 0.29) is 5.54 Å². The largest absolute Gasteiger partial charge is 0.361 e. The Kier molecular flexibility index (Phi) is 6.04. The molecule has 29 heavy (non-hydrogen) atoms. The fourth-order valence-corrected chi connectivity index (χ4v) is 4.86. The van der Waals surface area contributed by atoms with Gasteiger partial charge in [-0.1, -0.05) is 42.5 Å². The van der Waals surface area contributed by atoms with Gasteiger partial charge >= 0.3 is 0 Å². The number of piperidine rings is 1. The molecule has 4 heteroatoms. The quantitative estimate of drug-likeness (QED) is 0.656. The molecule has 1 aliphatic rings. The molecule has 0 aliphatic carbocycles. The molecule has 0 bridgehead atoms. The first-order valence-electron chi connectivity index (χ1n) is 10.8. The zero-order valence-electron chi connectivity index (χ0n) is 18.1. The van der Waals surface area contributed by atoms with Gasteiger partial charge in [0.25, 0.3) is 0 Å². The molecule has 0 radical (unpaired) electrons. The van der Waals surface area contributed by atoms with Crippen LogP contribution in [-0.2, 0) is 12.1 Å². The Bertz CT molecular complexity index is 907. The van der Waals surface area contributed by atoms with Crippen LogP contribution in [0.25, 0.3) is 10.9 Å².